The van der Waals surface area contributed by atoms with Crippen LogP contribution < -0.4 is 9.47 Å². The average Bonchev–Trinajstić information content (AvgIpc) is 3.22. The second-order valence-electron chi connectivity index (χ2n) is 8.51. The number of carbonyl (C=O) groups excluding carboxylic acids is 2. The number of amides is 1. The molecule has 1 heterocycles. The predicted octanol–water partition coefficient (Wildman–Crippen LogP) is 7.70. The Morgan fingerprint density at radius 1 is 1.12 bits per heavy atom. The number of thioether (sulfide) groups is 1. The Hall–Kier alpha value is -3.53. The second kappa shape index (κ2) is 13.2. The summed E-state index contributed by atoms with van der Waals surface area (Å²) in [6.45, 7) is 3.78. The number of rotatable bonds is 8. The van der Waals surface area contributed by atoms with E-state index in [2.05, 4.69) is 20.9 Å². The Labute approximate surface area is 249 Å². The SMILES string of the molecule is CCOC(=O)C1=C(O)/C(=C/c2cc(Br)c(OCc3ccccc3Cl)c(OC)c2)SC1=NC(=O)c1ccccc1C. The van der Waals surface area contributed by atoms with Crippen LogP contribution in [-0.4, -0.2) is 35.7 Å². The number of nitrogens with zero attached hydrogens (tertiary/aromatic N) is 1. The van der Waals surface area contributed by atoms with Gasteiger partial charge < -0.3 is 19.3 Å². The summed E-state index contributed by atoms with van der Waals surface area (Å²) in [7, 11) is 1.52. The number of esters is 1. The van der Waals surface area contributed by atoms with Crippen LogP contribution in [0.1, 0.15) is 34.0 Å². The molecule has 0 unspecified atom stereocenters. The van der Waals surface area contributed by atoms with Crippen molar-refractivity contribution in [3.8, 4) is 11.5 Å². The quantitative estimate of drug-likeness (QED) is 0.252. The fraction of sp³-hybridized carbons (Fsp3) is 0.167. The first-order chi connectivity index (χ1) is 19.2. The van der Waals surface area contributed by atoms with E-state index in [0.717, 1.165) is 22.9 Å². The number of carbonyl (C=O) groups is 2. The molecular weight excluding hydrogens is 618 g/mol. The Balaban J connectivity index is 1.67. The Bertz CT molecular complexity index is 1570. The largest absolute Gasteiger partial charge is 0.506 e. The number of aryl methyl sites for hydroxylation is 1. The third kappa shape index (κ3) is 6.60. The van der Waals surface area contributed by atoms with Crippen molar-refractivity contribution in [1.29, 1.82) is 0 Å². The topological polar surface area (TPSA) is 94.4 Å². The maximum Gasteiger partial charge on any atom is 0.344 e. The molecule has 0 aromatic heterocycles. The molecule has 1 N–H and O–H groups in total. The summed E-state index contributed by atoms with van der Waals surface area (Å²) >= 11 is 10.8. The number of halogens is 2. The zero-order valence-corrected chi connectivity index (χ0v) is 25.0. The lowest BCUT2D eigenvalue weighted by Gasteiger charge is -2.14. The van der Waals surface area contributed by atoms with E-state index in [4.69, 9.17) is 25.8 Å². The highest BCUT2D eigenvalue weighted by Crippen LogP contribution is 2.42. The van der Waals surface area contributed by atoms with Gasteiger partial charge in [0.15, 0.2) is 11.5 Å². The normalized spacial score (nSPS) is 15.0. The summed E-state index contributed by atoms with van der Waals surface area (Å²) in [5, 5.41) is 11.7. The van der Waals surface area contributed by atoms with Gasteiger partial charge in [-0.3, -0.25) is 4.79 Å². The second-order valence-corrected chi connectivity index (χ2v) is 10.8. The Morgan fingerprint density at radius 3 is 2.55 bits per heavy atom. The van der Waals surface area contributed by atoms with E-state index in [1.54, 1.807) is 56.3 Å². The standard InChI is InChI=1S/C30H25BrClNO6S/c1-4-38-30(36)25-26(34)24(40-29(25)33-28(35)20-11-7-5-9-17(20)2)15-18-13-21(31)27(23(14-18)37-3)39-16-19-10-6-8-12-22(19)32/h5-15,34H,4,16H2,1-3H3/b24-15-,33-29?. The van der Waals surface area contributed by atoms with Crippen molar-refractivity contribution < 1.29 is 28.9 Å². The smallest absolute Gasteiger partial charge is 0.344 e. The number of aliphatic imine (C=N–C) groups is 1. The predicted molar refractivity (Wildman–Crippen MR) is 161 cm³/mol. The highest BCUT2D eigenvalue weighted by Gasteiger charge is 2.34. The van der Waals surface area contributed by atoms with Gasteiger partial charge in [-0.2, -0.15) is 0 Å². The first-order valence-corrected chi connectivity index (χ1v) is 14.1. The first kappa shape index (κ1) is 29.5. The zero-order valence-electron chi connectivity index (χ0n) is 21.9. The van der Waals surface area contributed by atoms with Crippen molar-refractivity contribution in [1.82, 2.24) is 0 Å². The summed E-state index contributed by atoms with van der Waals surface area (Å²) in [6, 6.07) is 17.9. The monoisotopic (exact) mass is 641 g/mol. The van der Waals surface area contributed by atoms with Crippen molar-refractivity contribution in [2.45, 2.75) is 20.5 Å². The molecule has 10 heteroatoms. The van der Waals surface area contributed by atoms with Crippen LogP contribution in [0.2, 0.25) is 5.02 Å². The highest BCUT2D eigenvalue weighted by molar-refractivity contribution is 9.10. The van der Waals surface area contributed by atoms with Crippen molar-refractivity contribution in [2.24, 2.45) is 4.99 Å². The van der Waals surface area contributed by atoms with Crippen molar-refractivity contribution >= 4 is 62.3 Å². The van der Waals surface area contributed by atoms with Gasteiger partial charge in [0.05, 0.1) is 23.1 Å². The summed E-state index contributed by atoms with van der Waals surface area (Å²) in [5.41, 5.74) is 2.44. The molecule has 7 nitrogen and oxygen atoms in total. The molecule has 3 aromatic carbocycles. The van der Waals surface area contributed by atoms with E-state index >= 15 is 0 Å². The molecule has 4 rings (SSSR count). The maximum absolute atomic E-state index is 12.9. The number of methoxy groups -OCH3 is 1. The fourth-order valence-corrected chi connectivity index (χ4v) is 5.61. The Kier molecular flexibility index (Phi) is 9.73. The average molecular weight is 643 g/mol. The molecule has 0 fully saturated rings. The zero-order chi connectivity index (χ0) is 28.8. The van der Waals surface area contributed by atoms with Crippen LogP contribution in [0.25, 0.3) is 6.08 Å². The van der Waals surface area contributed by atoms with Crippen LogP contribution in [-0.2, 0) is 16.1 Å². The molecule has 0 atom stereocenters. The van der Waals surface area contributed by atoms with Crippen LogP contribution in [0.5, 0.6) is 11.5 Å². The lowest BCUT2D eigenvalue weighted by atomic mass is 10.1. The molecule has 40 heavy (non-hydrogen) atoms. The van der Waals surface area contributed by atoms with Crippen molar-refractivity contribution in [3.05, 3.63) is 109 Å². The minimum atomic E-state index is -0.769. The van der Waals surface area contributed by atoms with Gasteiger partial charge in [-0.05, 0) is 71.2 Å². The fourth-order valence-electron chi connectivity index (χ4n) is 3.84. The van der Waals surface area contributed by atoms with E-state index in [0.29, 0.717) is 37.0 Å². The lowest BCUT2D eigenvalue weighted by molar-refractivity contribution is -0.138. The molecule has 0 bridgehead atoms. The number of aliphatic hydroxyl groups excluding tert-OH is 1. The van der Waals surface area contributed by atoms with Crippen LogP contribution in [0, 0.1) is 6.92 Å². The summed E-state index contributed by atoms with van der Waals surface area (Å²) in [5.74, 6) is -0.709. The van der Waals surface area contributed by atoms with Gasteiger partial charge in [0, 0.05) is 16.1 Å². The van der Waals surface area contributed by atoms with Crippen LogP contribution in [0.3, 0.4) is 0 Å². The van der Waals surface area contributed by atoms with Gasteiger partial charge >= 0.3 is 5.97 Å². The third-order valence-corrected chi connectivity index (χ3v) is 7.81. The van der Waals surface area contributed by atoms with Gasteiger partial charge in [-0.1, -0.05) is 59.8 Å². The van der Waals surface area contributed by atoms with E-state index in [-0.39, 0.29) is 29.6 Å². The van der Waals surface area contributed by atoms with Gasteiger partial charge in [0.25, 0.3) is 5.91 Å². The molecular formula is C30H25BrClNO6S. The van der Waals surface area contributed by atoms with Crippen LogP contribution >= 0.6 is 39.3 Å². The van der Waals surface area contributed by atoms with Gasteiger partial charge in [0.2, 0.25) is 0 Å². The molecule has 0 aliphatic carbocycles. The van der Waals surface area contributed by atoms with E-state index in [1.165, 1.54) is 7.11 Å². The number of aliphatic hydroxyl groups is 1. The molecule has 0 saturated carbocycles. The lowest BCUT2D eigenvalue weighted by Crippen LogP contribution is -2.14. The van der Waals surface area contributed by atoms with E-state index in [1.807, 2.05) is 24.3 Å². The Morgan fingerprint density at radius 2 is 1.85 bits per heavy atom. The summed E-state index contributed by atoms with van der Waals surface area (Å²) < 4.78 is 17.3. The molecule has 206 valence electrons. The molecule has 1 amide bonds. The highest BCUT2D eigenvalue weighted by atomic mass is 79.9. The molecule has 0 spiro atoms. The maximum atomic E-state index is 12.9. The van der Waals surface area contributed by atoms with E-state index in [9.17, 15) is 14.7 Å². The van der Waals surface area contributed by atoms with Crippen LogP contribution in [0.4, 0.5) is 0 Å². The number of benzene rings is 3. The van der Waals surface area contributed by atoms with Crippen molar-refractivity contribution in [3.63, 3.8) is 0 Å². The van der Waals surface area contributed by atoms with Crippen LogP contribution in [0.15, 0.2) is 86.4 Å². The van der Waals surface area contributed by atoms with Gasteiger partial charge in [-0.25, -0.2) is 9.79 Å². The summed E-state index contributed by atoms with van der Waals surface area (Å²) in [6.07, 6.45) is 1.66. The molecule has 0 saturated heterocycles. The van der Waals surface area contributed by atoms with Crippen molar-refractivity contribution in [2.75, 3.05) is 13.7 Å². The molecule has 1 aliphatic heterocycles. The third-order valence-electron chi connectivity index (χ3n) is 5.83. The molecule has 3 aromatic rings. The number of hydrogen-bond acceptors (Lipinski definition) is 7. The minimum Gasteiger partial charge on any atom is -0.506 e. The number of hydrogen-bond donors (Lipinski definition) is 1. The molecule has 0 radical (unpaired) electrons. The van der Waals surface area contributed by atoms with Gasteiger partial charge in [0.1, 0.15) is 23.0 Å². The number of ether oxygens (including phenoxy) is 3. The molecule has 1 aliphatic rings. The summed E-state index contributed by atoms with van der Waals surface area (Å²) in [4.78, 5) is 30.2. The minimum absolute atomic E-state index is 0.0566. The van der Waals surface area contributed by atoms with Gasteiger partial charge in [-0.15, -0.1) is 0 Å². The first-order valence-electron chi connectivity index (χ1n) is 12.2. The van der Waals surface area contributed by atoms with E-state index < -0.39 is 11.9 Å².